The molecule has 0 saturated carbocycles. The van der Waals surface area contributed by atoms with Crippen molar-refractivity contribution in [2.45, 2.75) is 13.5 Å². The average Bonchev–Trinajstić information content (AvgIpc) is 3.13. The second-order valence-electron chi connectivity index (χ2n) is 7.73. The predicted molar refractivity (Wildman–Crippen MR) is 136 cm³/mol. The minimum Gasteiger partial charge on any atom is -0.496 e. The number of methoxy groups -OCH3 is 2. The van der Waals surface area contributed by atoms with Crippen molar-refractivity contribution in [3.05, 3.63) is 83.5 Å². The second kappa shape index (κ2) is 10.6. The highest BCUT2D eigenvalue weighted by Crippen LogP contribution is 2.36. The largest absolute Gasteiger partial charge is 0.496 e. The molecule has 1 aromatic carbocycles. The lowest BCUT2D eigenvalue weighted by Gasteiger charge is -2.17. The van der Waals surface area contributed by atoms with Crippen LogP contribution >= 0.6 is 0 Å². The van der Waals surface area contributed by atoms with E-state index in [1.165, 1.54) is 62.0 Å². The molecule has 0 amide bonds. The maximum atomic E-state index is 15.2. The van der Waals surface area contributed by atoms with Crippen molar-refractivity contribution in [1.82, 2.24) is 19.0 Å². The standard InChI is InChI=1S/C26H27F3N4O3/c1-8-15(14-31(4)25(28)29)16-11-17-19(12-22(16)36-7)30-13-20-23(17)33(26(34)32(20)5)24(18(27)9-2)21(10-3)35-6/h8-14,25H,1-2H2,3-7H3/b15-14+,21-10+,24-18-. The van der Waals surface area contributed by atoms with Crippen LogP contribution in [-0.4, -0.2) is 46.8 Å². The van der Waals surface area contributed by atoms with Crippen LogP contribution in [0.2, 0.25) is 0 Å². The molecule has 10 heteroatoms. The van der Waals surface area contributed by atoms with Crippen LogP contribution in [-0.2, 0) is 11.8 Å². The Hall–Kier alpha value is -4.21. The molecule has 3 rings (SSSR count). The van der Waals surface area contributed by atoms with E-state index in [1.807, 2.05) is 0 Å². The van der Waals surface area contributed by atoms with E-state index in [0.717, 1.165) is 11.0 Å². The molecule has 0 aliphatic rings. The first kappa shape index (κ1) is 26.4. The summed E-state index contributed by atoms with van der Waals surface area (Å²) >= 11 is 0. The molecule has 0 atom stereocenters. The molecule has 0 bridgehead atoms. The quantitative estimate of drug-likeness (QED) is 0.222. The Bertz CT molecular complexity index is 1500. The number of alkyl halides is 2. The molecule has 190 valence electrons. The summed E-state index contributed by atoms with van der Waals surface area (Å²) in [7, 11) is 5.58. The van der Waals surface area contributed by atoms with Gasteiger partial charge in [-0.25, -0.2) is 9.18 Å². The molecule has 3 aromatic rings. The molecule has 0 aliphatic carbocycles. The highest BCUT2D eigenvalue weighted by atomic mass is 19.3. The first-order chi connectivity index (χ1) is 17.1. The highest BCUT2D eigenvalue weighted by molar-refractivity contribution is 6.06. The van der Waals surface area contributed by atoms with Gasteiger partial charge in [0, 0.05) is 42.9 Å². The zero-order valence-corrected chi connectivity index (χ0v) is 20.7. The van der Waals surface area contributed by atoms with Crippen molar-refractivity contribution in [3.8, 4) is 5.75 Å². The maximum absolute atomic E-state index is 15.2. The minimum absolute atomic E-state index is 0.117. The molecule has 36 heavy (non-hydrogen) atoms. The maximum Gasteiger partial charge on any atom is 0.333 e. The molecule has 0 N–H and O–H groups in total. The Morgan fingerprint density at radius 2 is 1.92 bits per heavy atom. The molecule has 0 fully saturated rings. The van der Waals surface area contributed by atoms with Crippen LogP contribution in [0.4, 0.5) is 13.2 Å². The molecular formula is C26H27F3N4O3. The summed E-state index contributed by atoms with van der Waals surface area (Å²) in [5, 5.41) is 0.453. The summed E-state index contributed by atoms with van der Waals surface area (Å²) in [6.45, 7) is 6.16. The number of halogens is 3. The zero-order valence-electron chi connectivity index (χ0n) is 20.7. The number of pyridine rings is 1. The first-order valence-corrected chi connectivity index (χ1v) is 10.8. The predicted octanol–water partition coefficient (Wildman–Crippen LogP) is 5.45. The topological polar surface area (TPSA) is 61.5 Å². The van der Waals surface area contributed by atoms with Crippen molar-refractivity contribution in [2.75, 3.05) is 21.3 Å². The summed E-state index contributed by atoms with van der Waals surface area (Å²) < 4.78 is 55.0. The number of imidazole rings is 1. The number of aryl methyl sites for hydroxylation is 1. The molecule has 7 nitrogen and oxygen atoms in total. The first-order valence-electron chi connectivity index (χ1n) is 10.8. The van der Waals surface area contributed by atoms with Gasteiger partial charge in [-0.05, 0) is 25.1 Å². The van der Waals surface area contributed by atoms with E-state index in [0.29, 0.717) is 38.8 Å². The third kappa shape index (κ3) is 4.41. The van der Waals surface area contributed by atoms with Gasteiger partial charge in [0.15, 0.2) is 5.83 Å². The van der Waals surface area contributed by atoms with Gasteiger partial charge in [-0.2, -0.15) is 8.78 Å². The van der Waals surface area contributed by atoms with Gasteiger partial charge in [-0.15, -0.1) is 0 Å². The van der Waals surface area contributed by atoms with Crippen LogP contribution in [0, 0.1) is 0 Å². The van der Waals surface area contributed by atoms with E-state index in [9.17, 15) is 13.6 Å². The molecule has 0 aliphatic heterocycles. The smallest absolute Gasteiger partial charge is 0.333 e. The highest BCUT2D eigenvalue weighted by Gasteiger charge is 2.24. The van der Waals surface area contributed by atoms with Crippen molar-refractivity contribution in [3.63, 3.8) is 0 Å². The number of allylic oxidation sites excluding steroid dienone is 6. The molecule has 0 spiro atoms. The van der Waals surface area contributed by atoms with Gasteiger partial charge in [0.25, 0.3) is 0 Å². The molecule has 2 aromatic heterocycles. The minimum atomic E-state index is -2.73. The summed E-state index contributed by atoms with van der Waals surface area (Å²) in [6, 6.07) is 3.27. The van der Waals surface area contributed by atoms with E-state index in [4.69, 9.17) is 9.47 Å². The van der Waals surface area contributed by atoms with Gasteiger partial charge in [-0.1, -0.05) is 19.2 Å². The number of nitrogens with zero attached hydrogens (tertiary/aromatic N) is 4. The number of benzene rings is 1. The summed E-state index contributed by atoms with van der Waals surface area (Å²) in [5.41, 5.74) is 1.29. The zero-order chi connectivity index (χ0) is 26.7. The van der Waals surface area contributed by atoms with E-state index in [-0.39, 0.29) is 11.5 Å². The number of fused-ring (bicyclic) bond motifs is 3. The van der Waals surface area contributed by atoms with Crippen LogP contribution in [0.5, 0.6) is 5.75 Å². The fraction of sp³-hybridized carbons (Fsp3) is 0.231. The third-order valence-electron chi connectivity index (χ3n) is 5.73. The Balaban J connectivity index is 2.56. The molecule has 0 saturated heterocycles. The van der Waals surface area contributed by atoms with Crippen LogP contribution in [0.3, 0.4) is 0 Å². The number of ether oxygens (including phenoxy) is 2. The van der Waals surface area contributed by atoms with Gasteiger partial charge in [0.1, 0.15) is 17.2 Å². The summed E-state index contributed by atoms with van der Waals surface area (Å²) in [5.74, 6) is -0.304. The van der Waals surface area contributed by atoms with Gasteiger partial charge in [0.05, 0.1) is 37.0 Å². The second-order valence-corrected chi connectivity index (χ2v) is 7.73. The number of aromatic nitrogens is 3. The normalized spacial score (nSPS) is 13.2. The van der Waals surface area contributed by atoms with Crippen LogP contribution in [0.25, 0.3) is 33.2 Å². The summed E-state index contributed by atoms with van der Waals surface area (Å²) in [6.07, 6.45) is 6.66. The average molecular weight is 501 g/mol. The fourth-order valence-corrected chi connectivity index (χ4v) is 3.92. The lowest BCUT2D eigenvalue weighted by Crippen LogP contribution is -2.23. The Kier molecular flexibility index (Phi) is 7.77. The van der Waals surface area contributed by atoms with E-state index >= 15 is 4.39 Å². The van der Waals surface area contributed by atoms with Crippen molar-refractivity contribution >= 4 is 33.2 Å². The van der Waals surface area contributed by atoms with Crippen LogP contribution < -0.4 is 10.4 Å². The van der Waals surface area contributed by atoms with Crippen LogP contribution in [0.15, 0.2) is 72.3 Å². The monoisotopic (exact) mass is 500 g/mol. The van der Waals surface area contributed by atoms with E-state index < -0.39 is 18.1 Å². The van der Waals surface area contributed by atoms with Crippen molar-refractivity contribution < 1.29 is 22.6 Å². The van der Waals surface area contributed by atoms with E-state index in [2.05, 4.69) is 18.1 Å². The van der Waals surface area contributed by atoms with E-state index in [1.54, 1.807) is 19.1 Å². The van der Waals surface area contributed by atoms with Crippen LogP contribution in [0.1, 0.15) is 12.5 Å². The lowest BCUT2D eigenvalue weighted by molar-refractivity contribution is 0.0231. The number of hydrogen-bond donors (Lipinski definition) is 0. The molecular weight excluding hydrogens is 473 g/mol. The molecule has 2 heterocycles. The molecule has 0 unspecified atom stereocenters. The molecule has 0 radical (unpaired) electrons. The number of hydrogen-bond acceptors (Lipinski definition) is 5. The van der Waals surface area contributed by atoms with Crippen molar-refractivity contribution in [1.29, 1.82) is 0 Å². The summed E-state index contributed by atoms with van der Waals surface area (Å²) in [4.78, 5) is 18.6. The Labute approximate surface area is 206 Å². The van der Waals surface area contributed by atoms with Gasteiger partial charge in [0.2, 0.25) is 0 Å². The van der Waals surface area contributed by atoms with Crippen molar-refractivity contribution in [2.24, 2.45) is 7.05 Å². The lowest BCUT2D eigenvalue weighted by atomic mass is 10.0. The SMILES string of the molecule is C=C/C(F)=C(\C(=C/C)OC)n1c(=O)n(C)c2cnc3cc(OC)c(/C(C=C)=C/N(C)C(F)F)cc3c21. The third-order valence-corrected chi connectivity index (χ3v) is 5.73. The van der Waals surface area contributed by atoms with Gasteiger partial charge < -0.3 is 14.4 Å². The fourth-order valence-electron chi connectivity index (χ4n) is 3.92. The van der Waals surface area contributed by atoms with Gasteiger partial charge >= 0.3 is 12.2 Å². The number of rotatable bonds is 9. The van der Waals surface area contributed by atoms with Gasteiger partial charge in [-0.3, -0.25) is 14.1 Å². The Morgan fingerprint density at radius 1 is 1.22 bits per heavy atom. The Morgan fingerprint density at radius 3 is 2.44 bits per heavy atom.